The lowest BCUT2D eigenvalue weighted by Crippen LogP contribution is -2.22. The summed E-state index contributed by atoms with van der Waals surface area (Å²) in [4.78, 5) is 6.02. The molecule has 0 radical (unpaired) electrons. The molecular weight excluding hydrogens is 198 g/mol. The Kier molecular flexibility index (Phi) is 2.26. The van der Waals surface area contributed by atoms with Crippen LogP contribution in [0.4, 0.5) is 0 Å². The minimum absolute atomic E-state index is 0.336. The number of fused-ring (bicyclic) bond motifs is 1. The molecule has 0 bridgehead atoms. The maximum atomic E-state index is 5.55. The highest BCUT2D eigenvalue weighted by Gasteiger charge is 2.05. The first kappa shape index (κ1) is 9.23. The van der Waals surface area contributed by atoms with E-state index in [-0.39, 0.29) is 6.23 Å². The van der Waals surface area contributed by atoms with Crippen LogP contribution in [0.2, 0.25) is 0 Å². The van der Waals surface area contributed by atoms with Crippen molar-refractivity contribution in [3.05, 3.63) is 23.0 Å². The number of nitrogens with one attached hydrogen (secondary N) is 2. The van der Waals surface area contributed by atoms with E-state index in [1.54, 1.807) is 6.92 Å². The molecule has 0 amide bonds. The van der Waals surface area contributed by atoms with Gasteiger partial charge in [-0.3, -0.25) is 5.73 Å². The standard InChI is InChI=1S/C9H11N3OS/c1-5(10)13-7-4-2-3-6-8(7)12-9(14)11-6/h2-5H,10H2,1H3,(H2,11,12,14). The number of aromatic amines is 2. The SMILES string of the molecule is CC(N)Oc1cccc2[nH]c(=S)[nH]c12. The van der Waals surface area contributed by atoms with Gasteiger partial charge in [0.1, 0.15) is 17.5 Å². The first-order valence-electron chi connectivity index (χ1n) is 4.30. The Morgan fingerprint density at radius 1 is 1.43 bits per heavy atom. The van der Waals surface area contributed by atoms with Gasteiger partial charge >= 0.3 is 0 Å². The molecule has 2 rings (SSSR count). The van der Waals surface area contributed by atoms with E-state index in [1.807, 2.05) is 18.2 Å². The summed E-state index contributed by atoms with van der Waals surface area (Å²) >= 11 is 4.99. The van der Waals surface area contributed by atoms with E-state index in [4.69, 9.17) is 22.7 Å². The average molecular weight is 209 g/mol. The van der Waals surface area contributed by atoms with Crippen LogP contribution < -0.4 is 10.5 Å². The second-order valence-electron chi connectivity index (χ2n) is 3.08. The molecule has 1 unspecified atom stereocenters. The van der Waals surface area contributed by atoms with Gasteiger partial charge in [0.2, 0.25) is 0 Å². The van der Waals surface area contributed by atoms with E-state index >= 15 is 0 Å². The van der Waals surface area contributed by atoms with Crippen LogP contribution in [0.25, 0.3) is 11.0 Å². The summed E-state index contributed by atoms with van der Waals surface area (Å²) in [6.07, 6.45) is -0.336. The van der Waals surface area contributed by atoms with Crippen molar-refractivity contribution in [2.45, 2.75) is 13.2 Å². The van der Waals surface area contributed by atoms with Crippen molar-refractivity contribution >= 4 is 23.3 Å². The summed E-state index contributed by atoms with van der Waals surface area (Å²) in [5, 5.41) is 0. The normalized spacial score (nSPS) is 13.0. The predicted octanol–water partition coefficient (Wildman–Crippen LogP) is 1.91. The molecule has 74 valence electrons. The number of rotatable bonds is 2. The summed E-state index contributed by atoms with van der Waals surface area (Å²) < 4.78 is 6.01. The number of benzene rings is 1. The van der Waals surface area contributed by atoms with Crippen LogP contribution in [-0.2, 0) is 0 Å². The number of nitrogens with two attached hydrogens (primary N) is 1. The Morgan fingerprint density at radius 2 is 2.21 bits per heavy atom. The number of para-hydroxylation sites is 1. The van der Waals surface area contributed by atoms with Crippen LogP contribution in [0, 0.1) is 4.77 Å². The van der Waals surface area contributed by atoms with Gasteiger partial charge in [-0.05, 0) is 31.3 Å². The predicted molar refractivity (Wildman–Crippen MR) is 57.8 cm³/mol. The maximum absolute atomic E-state index is 5.55. The minimum atomic E-state index is -0.336. The summed E-state index contributed by atoms with van der Waals surface area (Å²) in [6.45, 7) is 1.78. The summed E-state index contributed by atoms with van der Waals surface area (Å²) in [5.74, 6) is 0.713. The fraction of sp³-hybridized carbons (Fsp3) is 0.222. The monoisotopic (exact) mass is 209 g/mol. The molecule has 1 aromatic carbocycles. The highest BCUT2D eigenvalue weighted by atomic mass is 32.1. The van der Waals surface area contributed by atoms with Crippen molar-refractivity contribution in [2.75, 3.05) is 0 Å². The van der Waals surface area contributed by atoms with Crippen molar-refractivity contribution < 1.29 is 4.74 Å². The van der Waals surface area contributed by atoms with Crippen LogP contribution in [-0.4, -0.2) is 16.2 Å². The largest absolute Gasteiger partial charge is 0.474 e. The molecule has 14 heavy (non-hydrogen) atoms. The van der Waals surface area contributed by atoms with Gasteiger partial charge in [-0.25, -0.2) is 0 Å². The van der Waals surface area contributed by atoms with E-state index in [9.17, 15) is 0 Å². The molecule has 4 nitrogen and oxygen atoms in total. The first-order valence-corrected chi connectivity index (χ1v) is 4.71. The summed E-state index contributed by atoms with van der Waals surface area (Å²) in [5.41, 5.74) is 7.33. The Labute approximate surface area is 86.1 Å². The lowest BCUT2D eigenvalue weighted by molar-refractivity contribution is 0.232. The zero-order chi connectivity index (χ0) is 10.1. The Balaban J connectivity index is 2.58. The molecule has 1 aromatic heterocycles. The van der Waals surface area contributed by atoms with E-state index in [0.29, 0.717) is 10.5 Å². The van der Waals surface area contributed by atoms with Crippen molar-refractivity contribution in [1.29, 1.82) is 0 Å². The summed E-state index contributed by atoms with van der Waals surface area (Å²) in [6, 6.07) is 5.67. The number of ether oxygens (including phenoxy) is 1. The van der Waals surface area contributed by atoms with Gasteiger partial charge in [0, 0.05) is 0 Å². The van der Waals surface area contributed by atoms with Crippen molar-refractivity contribution in [3.8, 4) is 5.75 Å². The Morgan fingerprint density at radius 3 is 2.93 bits per heavy atom. The maximum Gasteiger partial charge on any atom is 0.175 e. The van der Waals surface area contributed by atoms with Crippen LogP contribution >= 0.6 is 12.2 Å². The lowest BCUT2D eigenvalue weighted by Gasteiger charge is -2.09. The van der Waals surface area contributed by atoms with Crippen molar-refractivity contribution in [2.24, 2.45) is 5.73 Å². The van der Waals surface area contributed by atoms with Gasteiger partial charge in [0.15, 0.2) is 4.77 Å². The van der Waals surface area contributed by atoms with Crippen LogP contribution in [0.5, 0.6) is 5.75 Å². The number of H-pyrrole nitrogens is 2. The third-order valence-corrected chi connectivity index (χ3v) is 2.03. The molecule has 0 fully saturated rings. The third kappa shape index (κ3) is 1.64. The Bertz CT molecular complexity index is 500. The van der Waals surface area contributed by atoms with E-state index < -0.39 is 0 Å². The van der Waals surface area contributed by atoms with Gasteiger partial charge in [0.25, 0.3) is 0 Å². The lowest BCUT2D eigenvalue weighted by atomic mass is 10.3. The fourth-order valence-electron chi connectivity index (χ4n) is 1.33. The molecule has 1 atom stereocenters. The van der Waals surface area contributed by atoms with Gasteiger partial charge in [-0.2, -0.15) is 0 Å². The Hall–Kier alpha value is -1.33. The molecule has 0 saturated heterocycles. The second-order valence-corrected chi connectivity index (χ2v) is 3.49. The topological polar surface area (TPSA) is 66.8 Å². The summed E-state index contributed by atoms with van der Waals surface area (Å²) in [7, 11) is 0. The van der Waals surface area contributed by atoms with Gasteiger partial charge < -0.3 is 14.7 Å². The van der Waals surface area contributed by atoms with Crippen molar-refractivity contribution in [1.82, 2.24) is 9.97 Å². The van der Waals surface area contributed by atoms with Crippen molar-refractivity contribution in [3.63, 3.8) is 0 Å². The number of imidazole rings is 1. The first-order chi connectivity index (χ1) is 6.66. The zero-order valence-electron chi connectivity index (χ0n) is 7.70. The minimum Gasteiger partial charge on any atom is -0.474 e. The number of aromatic nitrogens is 2. The van der Waals surface area contributed by atoms with E-state index in [0.717, 1.165) is 11.0 Å². The number of hydrogen-bond acceptors (Lipinski definition) is 3. The smallest absolute Gasteiger partial charge is 0.175 e. The fourth-order valence-corrected chi connectivity index (χ4v) is 1.54. The third-order valence-electron chi connectivity index (χ3n) is 1.83. The van der Waals surface area contributed by atoms with Gasteiger partial charge in [0.05, 0.1) is 5.52 Å². The van der Waals surface area contributed by atoms with Crippen LogP contribution in [0.3, 0.4) is 0 Å². The van der Waals surface area contributed by atoms with Gasteiger partial charge in [-0.1, -0.05) is 6.07 Å². The van der Waals surface area contributed by atoms with Crippen LogP contribution in [0.1, 0.15) is 6.92 Å². The molecule has 0 aliphatic heterocycles. The second kappa shape index (κ2) is 3.43. The van der Waals surface area contributed by atoms with Crippen LogP contribution in [0.15, 0.2) is 18.2 Å². The number of hydrogen-bond donors (Lipinski definition) is 3. The molecular formula is C9H11N3OS. The zero-order valence-corrected chi connectivity index (χ0v) is 8.52. The highest BCUT2D eigenvalue weighted by Crippen LogP contribution is 2.22. The molecule has 0 aliphatic rings. The average Bonchev–Trinajstić information content (AvgIpc) is 2.45. The van der Waals surface area contributed by atoms with E-state index in [1.165, 1.54) is 0 Å². The van der Waals surface area contributed by atoms with Gasteiger partial charge in [-0.15, -0.1) is 0 Å². The molecule has 0 aliphatic carbocycles. The molecule has 0 saturated carbocycles. The quantitative estimate of drug-likeness (QED) is 0.523. The highest BCUT2D eigenvalue weighted by molar-refractivity contribution is 7.71. The van der Waals surface area contributed by atoms with E-state index in [2.05, 4.69) is 9.97 Å². The molecule has 5 heteroatoms. The molecule has 0 spiro atoms. The molecule has 4 N–H and O–H groups in total. The molecule has 1 heterocycles. The molecule has 2 aromatic rings.